The maximum absolute atomic E-state index is 12.8. The van der Waals surface area contributed by atoms with E-state index in [-0.39, 0.29) is 6.42 Å². The second-order valence-electron chi connectivity index (χ2n) is 3.97. The van der Waals surface area contributed by atoms with Gasteiger partial charge >= 0.3 is 0 Å². The van der Waals surface area contributed by atoms with E-state index in [1.54, 1.807) is 0 Å². The van der Waals surface area contributed by atoms with Crippen molar-refractivity contribution in [1.82, 2.24) is 5.32 Å². The molecular weight excluding hydrogens is 306 g/mol. The summed E-state index contributed by atoms with van der Waals surface area (Å²) in [5, 5.41) is 2.18. The van der Waals surface area contributed by atoms with Crippen LogP contribution in [0.4, 0.5) is 8.78 Å². The van der Waals surface area contributed by atoms with Crippen LogP contribution in [0, 0.1) is 0 Å². The Morgan fingerprint density at radius 3 is 2.78 bits per heavy atom. The maximum Gasteiger partial charge on any atom is 0.277 e. The average Bonchev–Trinajstić information content (AvgIpc) is 2.34. The monoisotopic (exact) mass is 320 g/mol. The van der Waals surface area contributed by atoms with E-state index < -0.39 is 24.9 Å². The number of hydrogen-bond acceptors (Lipinski definition) is 2. The number of hydrogen-bond donors (Lipinski definition) is 2. The molecule has 1 rings (SSSR count). The third-order valence-electron chi connectivity index (χ3n) is 2.37. The van der Waals surface area contributed by atoms with Crippen molar-refractivity contribution >= 4 is 21.8 Å². The number of amides is 1. The number of nitrogens with one attached hydrogen (secondary N) is 1. The molecule has 1 aromatic carbocycles. The molecule has 0 aliphatic rings. The first-order valence-corrected chi connectivity index (χ1v) is 6.31. The van der Waals surface area contributed by atoms with E-state index in [1.807, 2.05) is 24.3 Å². The van der Waals surface area contributed by atoms with E-state index in [2.05, 4.69) is 21.2 Å². The molecule has 0 aliphatic carbocycles. The Morgan fingerprint density at radius 1 is 1.44 bits per heavy atom. The molecule has 0 saturated heterocycles. The smallest absolute Gasteiger partial charge is 0.277 e. The van der Waals surface area contributed by atoms with Gasteiger partial charge in [-0.15, -0.1) is 0 Å². The first-order chi connectivity index (χ1) is 8.43. The van der Waals surface area contributed by atoms with Crippen LogP contribution in [0.3, 0.4) is 0 Å². The topological polar surface area (TPSA) is 55.1 Å². The molecule has 1 aromatic rings. The number of carbonyl (C=O) groups is 1. The molecule has 0 atom stereocenters. The van der Waals surface area contributed by atoms with Gasteiger partial charge in [0.2, 0.25) is 5.91 Å². The molecule has 0 aliphatic heterocycles. The lowest BCUT2D eigenvalue weighted by Crippen LogP contribution is -2.41. The Balaban J connectivity index is 2.34. The second kappa shape index (κ2) is 6.80. The Morgan fingerprint density at radius 2 is 2.17 bits per heavy atom. The summed E-state index contributed by atoms with van der Waals surface area (Å²) in [6.07, 6.45) is 0.691. The van der Waals surface area contributed by atoms with Gasteiger partial charge in [-0.2, -0.15) is 0 Å². The van der Waals surface area contributed by atoms with Crippen molar-refractivity contribution in [3.63, 3.8) is 0 Å². The predicted molar refractivity (Wildman–Crippen MR) is 69.5 cm³/mol. The third-order valence-corrected chi connectivity index (χ3v) is 2.87. The molecule has 1 amide bonds. The molecule has 0 heterocycles. The number of aryl methyl sites for hydroxylation is 1. The van der Waals surface area contributed by atoms with Crippen LogP contribution in [0.1, 0.15) is 12.0 Å². The van der Waals surface area contributed by atoms with E-state index in [1.165, 1.54) is 0 Å². The summed E-state index contributed by atoms with van der Waals surface area (Å²) >= 11 is 3.32. The minimum atomic E-state index is -3.04. The molecule has 0 saturated carbocycles. The molecular formula is C12H15BrF2N2O. The third kappa shape index (κ3) is 5.55. The molecule has 0 unspecified atom stereocenters. The lowest BCUT2D eigenvalue weighted by molar-refractivity contribution is -0.122. The van der Waals surface area contributed by atoms with Crippen LogP contribution in [0.2, 0.25) is 0 Å². The molecule has 3 N–H and O–H groups in total. The molecule has 0 bridgehead atoms. The van der Waals surface area contributed by atoms with Crippen molar-refractivity contribution < 1.29 is 13.6 Å². The van der Waals surface area contributed by atoms with Crippen molar-refractivity contribution in [1.29, 1.82) is 0 Å². The normalized spacial score (nSPS) is 11.3. The molecule has 0 fully saturated rings. The van der Waals surface area contributed by atoms with Crippen molar-refractivity contribution in [2.75, 3.05) is 13.1 Å². The maximum atomic E-state index is 12.8. The largest absolute Gasteiger partial charge is 0.350 e. The second-order valence-corrected chi connectivity index (χ2v) is 4.88. The van der Waals surface area contributed by atoms with E-state index in [9.17, 15) is 13.6 Å². The summed E-state index contributed by atoms with van der Waals surface area (Å²) < 4.78 is 26.5. The van der Waals surface area contributed by atoms with Crippen LogP contribution in [0.25, 0.3) is 0 Å². The van der Waals surface area contributed by atoms with Crippen LogP contribution < -0.4 is 11.1 Å². The Kier molecular flexibility index (Phi) is 5.68. The molecule has 6 heteroatoms. The van der Waals surface area contributed by atoms with Gasteiger partial charge in [0.05, 0.1) is 13.1 Å². The quantitative estimate of drug-likeness (QED) is 0.843. The lowest BCUT2D eigenvalue weighted by Gasteiger charge is -2.14. The van der Waals surface area contributed by atoms with Crippen LogP contribution in [0.5, 0.6) is 0 Å². The fraction of sp³-hybridized carbons (Fsp3) is 0.417. The van der Waals surface area contributed by atoms with Gasteiger partial charge in [-0.3, -0.25) is 4.79 Å². The summed E-state index contributed by atoms with van der Waals surface area (Å²) in [7, 11) is 0. The van der Waals surface area contributed by atoms with Gasteiger partial charge in [-0.05, 0) is 24.1 Å². The van der Waals surface area contributed by atoms with Gasteiger partial charge in [-0.1, -0.05) is 28.1 Å². The first-order valence-electron chi connectivity index (χ1n) is 5.52. The fourth-order valence-corrected chi connectivity index (χ4v) is 1.79. The highest BCUT2D eigenvalue weighted by molar-refractivity contribution is 9.10. The Bertz CT molecular complexity index is 413. The highest BCUT2D eigenvalue weighted by Gasteiger charge is 2.26. The van der Waals surface area contributed by atoms with E-state index >= 15 is 0 Å². The van der Waals surface area contributed by atoms with Gasteiger partial charge in [0, 0.05) is 10.9 Å². The number of alkyl halides is 2. The first kappa shape index (κ1) is 15.0. The lowest BCUT2D eigenvalue weighted by atomic mass is 10.1. The molecule has 0 radical (unpaired) electrons. The van der Waals surface area contributed by atoms with Crippen molar-refractivity contribution in [3.8, 4) is 0 Å². The van der Waals surface area contributed by atoms with Crippen LogP contribution in [-0.4, -0.2) is 24.9 Å². The predicted octanol–water partition coefficient (Wildman–Crippen LogP) is 2.09. The van der Waals surface area contributed by atoms with Gasteiger partial charge in [-0.25, -0.2) is 8.78 Å². The zero-order chi connectivity index (χ0) is 13.6. The summed E-state index contributed by atoms with van der Waals surface area (Å²) in [4.78, 5) is 11.4. The van der Waals surface area contributed by atoms with Crippen molar-refractivity contribution in [3.05, 3.63) is 34.3 Å². The fourth-order valence-electron chi connectivity index (χ4n) is 1.34. The number of halogens is 3. The molecule has 0 spiro atoms. The highest BCUT2D eigenvalue weighted by Crippen LogP contribution is 2.13. The minimum Gasteiger partial charge on any atom is -0.350 e. The molecule has 100 valence electrons. The van der Waals surface area contributed by atoms with Crippen molar-refractivity contribution in [2.24, 2.45) is 5.73 Å². The van der Waals surface area contributed by atoms with Crippen molar-refractivity contribution in [2.45, 2.75) is 18.8 Å². The highest BCUT2D eigenvalue weighted by atomic mass is 79.9. The van der Waals surface area contributed by atoms with Gasteiger partial charge in [0.15, 0.2) is 0 Å². The Hall–Kier alpha value is -1.01. The van der Waals surface area contributed by atoms with E-state index in [0.717, 1.165) is 10.0 Å². The SMILES string of the molecule is NCC(F)(F)CNC(=O)CCc1cccc(Br)c1. The Labute approximate surface area is 113 Å². The zero-order valence-corrected chi connectivity index (χ0v) is 11.3. The number of nitrogens with two attached hydrogens (primary N) is 1. The summed E-state index contributed by atoms with van der Waals surface area (Å²) in [5.41, 5.74) is 5.84. The van der Waals surface area contributed by atoms with E-state index in [4.69, 9.17) is 5.73 Å². The van der Waals surface area contributed by atoms with Gasteiger partial charge in [0.25, 0.3) is 5.92 Å². The van der Waals surface area contributed by atoms with Gasteiger partial charge < -0.3 is 11.1 Å². The summed E-state index contributed by atoms with van der Waals surface area (Å²) in [6.45, 7) is -1.47. The number of carbonyl (C=O) groups excluding carboxylic acids is 1. The number of benzene rings is 1. The van der Waals surface area contributed by atoms with Gasteiger partial charge in [0.1, 0.15) is 0 Å². The summed E-state index contributed by atoms with van der Waals surface area (Å²) in [6, 6.07) is 7.51. The number of rotatable bonds is 6. The minimum absolute atomic E-state index is 0.178. The van der Waals surface area contributed by atoms with E-state index in [0.29, 0.717) is 6.42 Å². The standard InChI is InChI=1S/C12H15BrF2N2O/c13-10-3-1-2-9(6-10)4-5-11(18)17-8-12(14,15)7-16/h1-3,6H,4-5,7-8,16H2,(H,17,18). The zero-order valence-electron chi connectivity index (χ0n) is 9.76. The summed E-state index contributed by atoms with van der Waals surface area (Å²) in [5.74, 6) is -3.44. The van der Waals surface area contributed by atoms with Crippen LogP contribution in [0.15, 0.2) is 28.7 Å². The molecule has 0 aromatic heterocycles. The molecule has 18 heavy (non-hydrogen) atoms. The molecule has 3 nitrogen and oxygen atoms in total. The average molecular weight is 321 g/mol. The van der Waals surface area contributed by atoms with Crippen LogP contribution in [-0.2, 0) is 11.2 Å². The van der Waals surface area contributed by atoms with Crippen LogP contribution >= 0.6 is 15.9 Å².